The second-order valence-corrected chi connectivity index (χ2v) is 8.33. The Morgan fingerprint density at radius 1 is 1.11 bits per heavy atom. The van der Waals surface area contributed by atoms with Crippen molar-refractivity contribution in [3.8, 4) is 5.69 Å². The zero-order valence-electron chi connectivity index (χ0n) is 14.9. The predicted octanol–water partition coefficient (Wildman–Crippen LogP) is 4.60. The lowest BCUT2D eigenvalue weighted by Gasteiger charge is -2.28. The van der Waals surface area contributed by atoms with Gasteiger partial charge in [0.05, 0.1) is 11.7 Å². The van der Waals surface area contributed by atoms with E-state index in [1.165, 1.54) is 6.07 Å². The summed E-state index contributed by atoms with van der Waals surface area (Å²) >= 11 is 1.82. The molecule has 0 unspecified atom stereocenters. The molecule has 3 aromatic rings. The molecular formula is C21H19FN4S. The van der Waals surface area contributed by atoms with E-state index in [9.17, 15) is 4.39 Å². The fourth-order valence-electron chi connectivity index (χ4n) is 3.93. The van der Waals surface area contributed by atoms with Crippen molar-refractivity contribution >= 4 is 16.9 Å². The smallest absolute Gasteiger partial charge is 0.160 e. The maximum absolute atomic E-state index is 13.8. The van der Waals surface area contributed by atoms with Gasteiger partial charge in [-0.25, -0.2) is 4.39 Å². The largest absolute Gasteiger partial charge is 0.339 e. The number of fused-ring (bicyclic) bond motifs is 1. The van der Waals surface area contributed by atoms with Crippen LogP contribution in [0.2, 0.25) is 0 Å². The molecule has 2 aliphatic rings. The first-order valence-corrected chi connectivity index (χ1v) is 9.94. The van der Waals surface area contributed by atoms with Gasteiger partial charge in [0, 0.05) is 35.6 Å². The molecule has 5 rings (SSSR count). The van der Waals surface area contributed by atoms with E-state index in [1.54, 1.807) is 12.1 Å². The van der Waals surface area contributed by atoms with Crippen LogP contribution in [0, 0.1) is 5.82 Å². The Balaban J connectivity index is 1.62. The van der Waals surface area contributed by atoms with E-state index < -0.39 is 0 Å². The second kappa shape index (κ2) is 6.53. The minimum Gasteiger partial charge on any atom is -0.339 e. The third kappa shape index (κ3) is 2.84. The Bertz CT molecular complexity index is 1000. The summed E-state index contributed by atoms with van der Waals surface area (Å²) in [5.41, 5.74) is 2.89. The Labute approximate surface area is 161 Å². The number of thioether (sulfide) groups is 1. The highest BCUT2D eigenvalue weighted by Gasteiger charge is 2.44. The molecule has 3 atom stereocenters. The molecule has 4 heterocycles. The normalized spacial score (nSPS) is 24.1. The summed E-state index contributed by atoms with van der Waals surface area (Å²) in [4.78, 5) is 12.0. The Morgan fingerprint density at radius 2 is 2.04 bits per heavy atom. The van der Waals surface area contributed by atoms with Gasteiger partial charge < -0.3 is 9.47 Å². The molecule has 27 heavy (non-hydrogen) atoms. The van der Waals surface area contributed by atoms with Crippen molar-refractivity contribution in [1.82, 2.24) is 14.5 Å². The molecule has 0 bridgehead atoms. The van der Waals surface area contributed by atoms with E-state index in [0.717, 1.165) is 28.8 Å². The van der Waals surface area contributed by atoms with Crippen molar-refractivity contribution in [2.24, 2.45) is 4.99 Å². The number of hydrogen-bond donors (Lipinski definition) is 0. The first-order valence-electron chi connectivity index (χ1n) is 9.06. The summed E-state index contributed by atoms with van der Waals surface area (Å²) < 4.78 is 15.9. The molecule has 2 aliphatic heterocycles. The number of pyridine rings is 1. The summed E-state index contributed by atoms with van der Waals surface area (Å²) in [5.74, 6) is -0.234. The molecule has 1 aromatic carbocycles. The van der Waals surface area contributed by atoms with Crippen molar-refractivity contribution < 1.29 is 4.39 Å². The molecule has 0 radical (unpaired) electrons. The summed E-state index contributed by atoms with van der Waals surface area (Å²) in [5, 5.41) is 1.59. The number of hydrogen-bond acceptors (Lipinski definition) is 4. The molecule has 0 aliphatic carbocycles. The molecule has 0 amide bonds. The van der Waals surface area contributed by atoms with Gasteiger partial charge in [0.2, 0.25) is 0 Å². The SMILES string of the molecule is C[C@@H]1CN2C(=N[C@H](c3ccccn3)[C@@H]2c2cccn2-c2cccc(F)c2)S1. The summed E-state index contributed by atoms with van der Waals surface area (Å²) in [6, 6.07) is 16.8. The highest BCUT2D eigenvalue weighted by atomic mass is 32.2. The molecule has 1 saturated heterocycles. The van der Waals surface area contributed by atoms with Crippen molar-refractivity contribution in [3.05, 3.63) is 84.2 Å². The van der Waals surface area contributed by atoms with Gasteiger partial charge in [0.15, 0.2) is 5.17 Å². The van der Waals surface area contributed by atoms with Crippen LogP contribution < -0.4 is 0 Å². The third-order valence-corrected chi connectivity index (χ3v) is 6.15. The molecule has 2 aromatic heterocycles. The number of nitrogens with zero attached hydrogens (tertiary/aromatic N) is 4. The molecule has 4 nitrogen and oxygen atoms in total. The first-order chi connectivity index (χ1) is 13.2. The molecule has 136 valence electrons. The molecule has 1 fully saturated rings. The Hall–Kier alpha value is -2.60. The van der Waals surface area contributed by atoms with Gasteiger partial charge in [-0.15, -0.1) is 0 Å². The quantitative estimate of drug-likeness (QED) is 0.668. The number of aromatic nitrogens is 2. The van der Waals surface area contributed by atoms with Crippen molar-refractivity contribution in [2.45, 2.75) is 24.3 Å². The van der Waals surface area contributed by atoms with Crippen LogP contribution in [-0.2, 0) is 0 Å². The standard InChI is InChI=1S/C21H19FN4S/c1-14-13-26-20(19(24-21(26)27-14)17-8-2-3-10-23-17)18-9-5-11-25(18)16-7-4-6-15(22)12-16/h2-12,14,19-20H,13H2,1H3/t14-,19-,20+/m1/s1. The van der Waals surface area contributed by atoms with E-state index >= 15 is 0 Å². The third-order valence-electron chi connectivity index (χ3n) is 5.05. The molecule has 6 heteroatoms. The summed E-state index contributed by atoms with van der Waals surface area (Å²) in [7, 11) is 0. The van der Waals surface area contributed by atoms with Crippen molar-refractivity contribution in [1.29, 1.82) is 0 Å². The lowest BCUT2D eigenvalue weighted by atomic mass is 10.0. The van der Waals surface area contributed by atoms with Gasteiger partial charge in [0.1, 0.15) is 11.9 Å². The van der Waals surface area contributed by atoms with Gasteiger partial charge in [-0.05, 0) is 42.5 Å². The predicted molar refractivity (Wildman–Crippen MR) is 107 cm³/mol. The number of amidine groups is 1. The van der Waals surface area contributed by atoms with Crippen LogP contribution in [0.3, 0.4) is 0 Å². The number of benzene rings is 1. The Morgan fingerprint density at radius 3 is 2.85 bits per heavy atom. The van der Waals surface area contributed by atoms with Gasteiger partial charge >= 0.3 is 0 Å². The highest BCUT2D eigenvalue weighted by Crippen LogP contribution is 2.47. The van der Waals surface area contributed by atoms with E-state index in [4.69, 9.17) is 4.99 Å². The number of halogens is 1. The second-order valence-electron chi connectivity index (χ2n) is 6.92. The molecule has 0 N–H and O–H groups in total. The summed E-state index contributed by atoms with van der Waals surface area (Å²) in [6.07, 6.45) is 3.81. The topological polar surface area (TPSA) is 33.4 Å². The van der Waals surface area contributed by atoms with E-state index in [2.05, 4.69) is 27.4 Å². The highest BCUT2D eigenvalue weighted by molar-refractivity contribution is 8.14. The van der Waals surface area contributed by atoms with Crippen molar-refractivity contribution in [2.75, 3.05) is 6.54 Å². The van der Waals surface area contributed by atoms with Crippen molar-refractivity contribution in [3.63, 3.8) is 0 Å². The van der Waals surface area contributed by atoms with E-state index in [-0.39, 0.29) is 17.9 Å². The van der Waals surface area contributed by atoms with Gasteiger partial charge in [0.25, 0.3) is 0 Å². The maximum Gasteiger partial charge on any atom is 0.160 e. The molecule has 0 spiro atoms. The van der Waals surface area contributed by atoms with Crippen LogP contribution in [-0.4, -0.2) is 31.4 Å². The van der Waals surface area contributed by atoms with Crippen LogP contribution in [0.25, 0.3) is 5.69 Å². The number of aliphatic imine (C=N–C) groups is 1. The van der Waals surface area contributed by atoms with Gasteiger partial charge in [-0.1, -0.05) is 30.8 Å². The number of rotatable bonds is 3. The minimum atomic E-state index is -0.234. The van der Waals surface area contributed by atoms with E-state index in [1.807, 2.05) is 54.5 Å². The maximum atomic E-state index is 13.8. The zero-order chi connectivity index (χ0) is 18.4. The average Bonchev–Trinajstić information content (AvgIpc) is 3.36. The first kappa shape index (κ1) is 16.6. The molecule has 0 saturated carbocycles. The average molecular weight is 378 g/mol. The summed E-state index contributed by atoms with van der Waals surface area (Å²) in [6.45, 7) is 3.18. The van der Waals surface area contributed by atoms with Crippen LogP contribution in [0.4, 0.5) is 4.39 Å². The monoisotopic (exact) mass is 378 g/mol. The molecular weight excluding hydrogens is 359 g/mol. The minimum absolute atomic E-state index is 0.0469. The fourth-order valence-corrected chi connectivity index (χ4v) is 5.03. The zero-order valence-corrected chi connectivity index (χ0v) is 15.7. The van der Waals surface area contributed by atoms with E-state index in [0.29, 0.717) is 5.25 Å². The lowest BCUT2D eigenvalue weighted by molar-refractivity contribution is 0.312. The van der Waals surface area contributed by atoms with Crippen LogP contribution in [0.5, 0.6) is 0 Å². The van der Waals surface area contributed by atoms with Crippen LogP contribution in [0.1, 0.15) is 30.4 Å². The van der Waals surface area contributed by atoms with Crippen LogP contribution in [0.15, 0.2) is 72.0 Å². The van der Waals surface area contributed by atoms with Crippen LogP contribution >= 0.6 is 11.8 Å². The Kier molecular flexibility index (Phi) is 4.01. The lowest BCUT2D eigenvalue weighted by Crippen LogP contribution is -2.30. The van der Waals surface area contributed by atoms with Gasteiger partial charge in [-0.2, -0.15) is 0 Å². The van der Waals surface area contributed by atoms with Gasteiger partial charge in [-0.3, -0.25) is 9.98 Å². The fraction of sp³-hybridized carbons (Fsp3) is 0.238.